The molecule has 0 aromatic rings. The van der Waals surface area contributed by atoms with Crippen LogP contribution in [0, 0.1) is 0 Å². The molecule has 0 aromatic carbocycles. The van der Waals surface area contributed by atoms with Crippen LogP contribution in [0.2, 0.25) is 0 Å². The summed E-state index contributed by atoms with van der Waals surface area (Å²) in [5.74, 6) is 0. The number of hydrogen-bond donors (Lipinski definition) is 0. The standard InChI is InChI=1S/C7H13NS/c1-4-8-5-6(2)7(3)9-8/h5,7H,4H2,1-3H3. The fraction of sp³-hybridized carbons (Fsp3) is 0.714. The molecule has 1 aliphatic heterocycles. The van der Waals surface area contributed by atoms with Crippen molar-refractivity contribution in [2.24, 2.45) is 0 Å². The van der Waals surface area contributed by atoms with Crippen molar-refractivity contribution in [2.45, 2.75) is 26.0 Å². The van der Waals surface area contributed by atoms with Crippen LogP contribution in [0.5, 0.6) is 0 Å². The highest BCUT2D eigenvalue weighted by atomic mass is 32.2. The van der Waals surface area contributed by atoms with Crippen molar-refractivity contribution < 1.29 is 0 Å². The van der Waals surface area contributed by atoms with Crippen LogP contribution < -0.4 is 0 Å². The largest absolute Gasteiger partial charge is 0.323 e. The Labute approximate surface area is 61.3 Å². The maximum absolute atomic E-state index is 2.28. The Kier molecular flexibility index (Phi) is 2.06. The van der Waals surface area contributed by atoms with E-state index >= 15 is 0 Å². The molecule has 1 heterocycles. The van der Waals surface area contributed by atoms with Crippen LogP contribution in [0.4, 0.5) is 0 Å². The normalized spacial score (nSPS) is 26.8. The van der Waals surface area contributed by atoms with Gasteiger partial charge in [0.25, 0.3) is 0 Å². The summed E-state index contributed by atoms with van der Waals surface area (Å²) in [6.07, 6.45) is 2.23. The van der Waals surface area contributed by atoms with Crippen molar-refractivity contribution in [3.05, 3.63) is 11.8 Å². The summed E-state index contributed by atoms with van der Waals surface area (Å²) in [6.45, 7) is 7.72. The summed E-state index contributed by atoms with van der Waals surface area (Å²) >= 11 is 1.91. The Balaban J connectivity index is 2.52. The molecular formula is C7H13NS. The average molecular weight is 143 g/mol. The topological polar surface area (TPSA) is 3.24 Å². The molecule has 0 aromatic heterocycles. The van der Waals surface area contributed by atoms with E-state index in [9.17, 15) is 0 Å². The molecule has 1 nitrogen and oxygen atoms in total. The summed E-state index contributed by atoms with van der Waals surface area (Å²) in [4.78, 5) is 0. The molecule has 0 fully saturated rings. The first-order chi connectivity index (χ1) is 4.24. The van der Waals surface area contributed by atoms with Gasteiger partial charge in [0, 0.05) is 18.0 Å². The number of nitrogens with zero attached hydrogens (tertiary/aromatic N) is 1. The Morgan fingerprint density at radius 1 is 1.78 bits per heavy atom. The minimum atomic E-state index is 0.699. The maximum atomic E-state index is 2.28. The Morgan fingerprint density at radius 3 is 2.67 bits per heavy atom. The van der Waals surface area contributed by atoms with Gasteiger partial charge in [-0.25, -0.2) is 0 Å². The van der Waals surface area contributed by atoms with Gasteiger partial charge in [0.05, 0.1) is 0 Å². The molecule has 0 saturated carbocycles. The van der Waals surface area contributed by atoms with Crippen molar-refractivity contribution in [1.29, 1.82) is 0 Å². The van der Waals surface area contributed by atoms with Gasteiger partial charge in [-0.2, -0.15) is 0 Å². The Morgan fingerprint density at radius 2 is 2.44 bits per heavy atom. The molecule has 0 amide bonds. The van der Waals surface area contributed by atoms with Gasteiger partial charge < -0.3 is 4.31 Å². The zero-order valence-electron chi connectivity index (χ0n) is 6.22. The molecule has 9 heavy (non-hydrogen) atoms. The average Bonchev–Trinajstić information content (AvgIpc) is 2.13. The predicted octanol–water partition coefficient (Wildman–Crippen LogP) is 2.26. The van der Waals surface area contributed by atoms with Gasteiger partial charge in [-0.1, -0.05) is 0 Å². The van der Waals surface area contributed by atoms with E-state index in [2.05, 4.69) is 31.3 Å². The first-order valence-corrected chi connectivity index (χ1v) is 4.19. The van der Waals surface area contributed by atoms with Crippen molar-refractivity contribution >= 4 is 11.9 Å². The third-order valence-electron chi connectivity index (χ3n) is 1.59. The summed E-state index contributed by atoms with van der Waals surface area (Å²) < 4.78 is 2.28. The second kappa shape index (κ2) is 2.65. The van der Waals surface area contributed by atoms with E-state index in [4.69, 9.17) is 0 Å². The van der Waals surface area contributed by atoms with E-state index in [1.807, 2.05) is 11.9 Å². The molecule has 0 spiro atoms. The number of rotatable bonds is 1. The molecule has 52 valence electrons. The molecule has 1 atom stereocenters. The lowest BCUT2D eigenvalue weighted by molar-refractivity contribution is 0.666. The minimum Gasteiger partial charge on any atom is -0.323 e. The first kappa shape index (κ1) is 7.00. The van der Waals surface area contributed by atoms with Crippen LogP contribution >= 0.6 is 11.9 Å². The Hall–Kier alpha value is -0.110. The van der Waals surface area contributed by atoms with Crippen LogP contribution in [0.1, 0.15) is 20.8 Å². The molecule has 1 aliphatic rings. The zero-order valence-corrected chi connectivity index (χ0v) is 7.03. The van der Waals surface area contributed by atoms with E-state index in [1.54, 1.807) is 0 Å². The third kappa shape index (κ3) is 1.42. The van der Waals surface area contributed by atoms with Crippen molar-refractivity contribution in [1.82, 2.24) is 4.31 Å². The van der Waals surface area contributed by atoms with Crippen molar-refractivity contribution in [2.75, 3.05) is 6.54 Å². The Bertz CT molecular complexity index is 131. The SMILES string of the molecule is CCN1C=C(C)C(C)S1. The fourth-order valence-corrected chi connectivity index (χ4v) is 1.82. The summed E-state index contributed by atoms with van der Waals surface area (Å²) in [7, 11) is 0. The molecule has 0 N–H and O–H groups in total. The highest BCUT2D eigenvalue weighted by molar-refractivity contribution is 7.98. The molecule has 0 bridgehead atoms. The smallest absolute Gasteiger partial charge is 0.0443 e. The van der Waals surface area contributed by atoms with Crippen LogP contribution in [0.15, 0.2) is 11.8 Å². The van der Waals surface area contributed by atoms with Crippen molar-refractivity contribution in [3.8, 4) is 0 Å². The van der Waals surface area contributed by atoms with Crippen LogP contribution in [0.25, 0.3) is 0 Å². The summed E-state index contributed by atoms with van der Waals surface area (Å²) in [5, 5.41) is 0.699. The lowest BCUT2D eigenvalue weighted by Crippen LogP contribution is -2.03. The van der Waals surface area contributed by atoms with Gasteiger partial charge in [-0.05, 0) is 38.3 Å². The van der Waals surface area contributed by atoms with Crippen LogP contribution in [-0.2, 0) is 0 Å². The highest BCUT2D eigenvalue weighted by Crippen LogP contribution is 2.30. The molecule has 0 saturated heterocycles. The minimum absolute atomic E-state index is 0.699. The van der Waals surface area contributed by atoms with Gasteiger partial charge in [0.2, 0.25) is 0 Å². The van der Waals surface area contributed by atoms with Crippen molar-refractivity contribution in [3.63, 3.8) is 0 Å². The quantitative estimate of drug-likeness (QED) is 0.518. The lowest BCUT2D eigenvalue weighted by Gasteiger charge is -2.10. The monoisotopic (exact) mass is 143 g/mol. The van der Waals surface area contributed by atoms with E-state index in [0.29, 0.717) is 5.25 Å². The molecule has 1 rings (SSSR count). The van der Waals surface area contributed by atoms with Crippen LogP contribution in [-0.4, -0.2) is 16.1 Å². The molecule has 2 heteroatoms. The van der Waals surface area contributed by atoms with Gasteiger partial charge in [-0.3, -0.25) is 0 Å². The highest BCUT2D eigenvalue weighted by Gasteiger charge is 2.15. The van der Waals surface area contributed by atoms with E-state index < -0.39 is 0 Å². The van der Waals surface area contributed by atoms with Gasteiger partial charge in [0.1, 0.15) is 0 Å². The third-order valence-corrected chi connectivity index (χ3v) is 2.92. The first-order valence-electron chi connectivity index (χ1n) is 3.35. The van der Waals surface area contributed by atoms with E-state index in [1.165, 1.54) is 5.57 Å². The predicted molar refractivity (Wildman–Crippen MR) is 43.2 cm³/mol. The second-order valence-corrected chi connectivity index (χ2v) is 3.74. The summed E-state index contributed by atoms with van der Waals surface area (Å²) in [5.41, 5.74) is 1.49. The van der Waals surface area contributed by atoms with E-state index in [-0.39, 0.29) is 0 Å². The fourth-order valence-electron chi connectivity index (χ4n) is 0.815. The summed E-state index contributed by atoms with van der Waals surface area (Å²) in [6, 6.07) is 0. The van der Waals surface area contributed by atoms with E-state index in [0.717, 1.165) is 6.54 Å². The molecule has 1 unspecified atom stereocenters. The molecule has 0 radical (unpaired) electrons. The molecule has 0 aliphatic carbocycles. The van der Waals surface area contributed by atoms with Gasteiger partial charge in [0.15, 0.2) is 0 Å². The zero-order chi connectivity index (χ0) is 6.85. The van der Waals surface area contributed by atoms with Gasteiger partial charge >= 0.3 is 0 Å². The lowest BCUT2D eigenvalue weighted by atomic mass is 10.2. The second-order valence-electron chi connectivity index (χ2n) is 2.35. The van der Waals surface area contributed by atoms with Crippen LogP contribution in [0.3, 0.4) is 0 Å². The molecular weight excluding hydrogens is 130 g/mol. The maximum Gasteiger partial charge on any atom is 0.0443 e. The number of hydrogen-bond acceptors (Lipinski definition) is 2. The van der Waals surface area contributed by atoms with Gasteiger partial charge in [-0.15, -0.1) is 0 Å².